The summed E-state index contributed by atoms with van der Waals surface area (Å²) >= 11 is 0. The highest BCUT2D eigenvalue weighted by atomic mass is 16.5. The lowest BCUT2D eigenvalue weighted by Gasteiger charge is -2.14. The van der Waals surface area contributed by atoms with Crippen LogP contribution in [0.1, 0.15) is 16.7 Å². The van der Waals surface area contributed by atoms with Gasteiger partial charge in [0.1, 0.15) is 0 Å². The third-order valence-corrected chi connectivity index (χ3v) is 3.44. The topological polar surface area (TPSA) is 63.5 Å². The SMILES string of the molecule is COc1cc(CNCc2cccc(C#N)c2)cc(OC)c1OC. The van der Waals surface area contributed by atoms with Crippen molar-refractivity contribution in [2.45, 2.75) is 13.1 Å². The molecule has 0 radical (unpaired) electrons. The Morgan fingerprint density at radius 1 is 0.913 bits per heavy atom. The van der Waals surface area contributed by atoms with Gasteiger partial charge in [0.25, 0.3) is 0 Å². The fourth-order valence-electron chi connectivity index (χ4n) is 2.34. The molecule has 1 N–H and O–H groups in total. The summed E-state index contributed by atoms with van der Waals surface area (Å²) in [6, 6.07) is 13.5. The van der Waals surface area contributed by atoms with Gasteiger partial charge in [-0.2, -0.15) is 5.26 Å². The first kappa shape index (κ1) is 16.7. The smallest absolute Gasteiger partial charge is 0.203 e. The van der Waals surface area contributed by atoms with Crippen LogP contribution in [0.2, 0.25) is 0 Å². The largest absolute Gasteiger partial charge is 0.493 e. The van der Waals surface area contributed by atoms with Gasteiger partial charge in [0, 0.05) is 13.1 Å². The Hall–Kier alpha value is -2.71. The van der Waals surface area contributed by atoms with E-state index >= 15 is 0 Å². The Morgan fingerprint density at radius 3 is 2.13 bits per heavy atom. The van der Waals surface area contributed by atoms with Crippen LogP contribution < -0.4 is 19.5 Å². The van der Waals surface area contributed by atoms with E-state index in [1.54, 1.807) is 27.4 Å². The molecule has 0 aliphatic rings. The third kappa shape index (κ3) is 4.15. The number of nitriles is 1. The van der Waals surface area contributed by atoms with Gasteiger partial charge in [-0.15, -0.1) is 0 Å². The average Bonchev–Trinajstić information content (AvgIpc) is 2.60. The molecule has 0 bridgehead atoms. The molecule has 0 aliphatic carbocycles. The third-order valence-electron chi connectivity index (χ3n) is 3.44. The maximum Gasteiger partial charge on any atom is 0.203 e. The van der Waals surface area contributed by atoms with E-state index in [1.807, 2.05) is 30.3 Å². The summed E-state index contributed by atoms with van der Waals surface area (Å²) < 4.78 is 16.0. The zero-order valence-electron chi connectivity index (χ0n) is 13.6. The minimum atomic E-state index is 0.584. The van der Waals surface area contributed by atoms with Crippen molar-refractivity contribution in [3.05, 3.63) is 53.1 Å². The van der Waals surface area contributed by atoms with Crippen molar-refractivity contribution in [2.75, 3.05) is 21.3 Å². The number of ether oxygens (including phenoxy) is 3. The van der Waals surface area contributed by atoms with Crippen molar-refractivity contribution in [1.29, 1.82) is 5.26 Å². The molecule has 2 aromatic carbocycles. The molecular weight excluding hydrogens is 292 g/mol. The first-order valence-corrected chi connectivity index (χ1v) is 7.20. The quantitative estimate of drug-likeness (QED) is 0.851. The second-order valence-electron chi connectivity index (χ2n) is 4.95. The summed E-state index contributed by atoms with van der Waals surface area (Å²) in [5, 5.41) is 12.3. The Bertz CT molecular complexity index is 683. The highest BCUT2D eigenvalue weighted by molar-refractivity contribution is 5.53. The number of rotatable bonds is 7. The van der Waals surface area contributed by atoms with Gasteiger partial charge in [-0.25, -0.2) is 0 Å². The lowest BCUT2D eigenvalue weighted by Crippen LogP contribution is -2.13. The Morgan fingerprint density at radius 2 is 1.57 bits per heavy atom. The fourth-order valence-corrected chi connectivity index (χ4v) is 2.34. The average molecular weight is 312 g/mol. The predicted octanol–water partition coefficient (Wildman–Crippen LogP) is 2.87. The number of nitrogens with zero attached hydrogens (tertiary/aromatic N) is 1. The summed E-state index contributed by atoms with van der Waals surface area (Å²) in [6.45, 7) is 1.32. The number of nitrogens with one attached hydrogen (secondary N) is 1. The van der Waals surface area contributed by atoms with Gasteiger partial charge in [0.15, 0.2) is 11.5 Å². The van der Waals surface area contributed by atoms with Crippen LogP contribution in [-0.2, 0) is 13.1 Å². The standard InChI is InChI=1S/C18H20N2O3/c1-21-16-8-15(9-17(22-2)18(16)23-3)12-20-11-14-6-4-5-13(7-14)10-19/h4-9,20H,11-12H2,1-3H3. The van der Waals surface area contributed by atoms with Gasteiger partial charge in [0.2, 0.25) is 5.75 Å². The summed E-state index contributed by atoms with van der Waals surface area (Å²) in [5.74, 6) is 1.85. The second-order valence-corrected chi connectivity index (χ2v) is 4.95. The lowest BCUT2D eigenvalue weighted by atomic mass is 10.1. The highest BCUT2D eigenvalue weighted by Gasteiger charge is 2.12. The van der Waals surface area contributed by atoms with Crippen LogP contribution in [0.5, 0.6) is 17.2 Å². The van der Waals surface area contributed by atoms with Gasteiger partial charge in [-0.3, -0.25) is 0 Å². The fraction of sp³-hybridized carbons (Fsp3) is 0.278. The number of methoxy groups -OCH3 is 3. The predicted molar refractivity (Wildman–Crippen MR) is 87.8 cm³/mol. The van der Waals surface area contributed by atoms with Crippen molar-refractivity contribution in [1.82, 2.24) is 5.32 Å². The number of hydrogen-bond donors (Lipinski definition) is 1. The van der Waals surface area contributed by atoms with Crippen LogP contribution in [0.4, 0.5) is 0 Å². The molecule has 0 spiro atoms. The molecular formula is C18H20N2O3. The van der Waals surface area contributed by atoms with Crippen molar-refractivity contribution in [3.63, 3.8) is 0 Å². The molecule has 0 aliphatic heterocycles. The molecule has 23 heavy (non-hydrogen) atoms. The van der Waals surface area contributed by atoms with Gasteiger partial charge < -0.3 is 19.5 Å². The van der Waals surface area contributed by atoms with Crippen molar-refractivity contribution in [2.24, 2.45) is 0 Å². The maximum absolute atomic E-state index is 8.92. The summed E-state index contributed by atoms with van der Waals surface area (Å²) in [7, 11) is 4.78. The molecule has 2 aromatic rings. The van der Waals surface area contributed by atoms with Crippen LogP contribution in [0.15, 0.2) is 36.4 Å². The van der Waals surface area contributed by atoms with E-state index < -0.39 is 0 Å². The monoisotopic (exact) mass is 312 g/mol. The van der Waals surface area contributed by atoms with Gasteiger partial charge in [0.05, 0.1) is 33.0 Å². The molecule has 0 unspecified atom stereocenters. The molecule has 0 heterocycles. The molecule has 0 fully saturated rings. The molecule has 0 amide bonds. The van der Waals surface area contributed by atoms with Crippen LogP contribution in [0.3, 0.4) is 0 Å². The van der Waals surface area contributed by atoms with Crippen LogP contribution in [0.25, 0.3) is 0 Å². The molecule has 5 nitrogen and oxygen atoms in total. The Kier molecular flexibility index (Phi) is 5.84. The van der Waals surface area contributed by atoms with Crippen molar-refractivity contribution < 1.29 is 14.2 Å². The van der Waals surface area contributed by atoms with E-state index in [4.69, 9.17) is 19.5 Å². The molecule has 0 aromatic heterocycles. The lowest BCUT2D eigenvalue weighted by molar-refractivity contribution is 0.323. The zero-order chi connectivity index (χ0) is 16.7. The van der Waals surface area contributed by atoms with Gasteiger partial charge >= 0.3 is 0 Å². The minimum Gasteiger partial charge on any atom is -0.493 e. The van der Waals surface area contributed by atoms with E-state index in [2.05, 4.69) is 11.4 Å². The van der Waals surface area contributed by atoms with Gasteiger partial charge in [-0.05, 0) is 35.4 Å². The normalized spacial score (nSPS) is 10.0. The van der Waals surface area contributed by atoms with Crippen LogP contribution in [-0.4, -0.2) is 21.3 Å². The minimum absolute atomic E-state index is 0.584. The van der Waals surface area contributed by atoms with Crippen molar-refractivity contribution in [3.8, 4) is 23.3 Å². The summed E-state index contributed by atoms with van der Waals surface area (Å²) in [4.78, 5) is 0. The summed E-state index contributed by atoms with van der Waals surface area (Å²) in [6.07, 6.45) is 0. The van der Waals surface area contributed by atoms with Crippen LogP contribution >= 0.6 is 0 Å². The maximum atomic E-state index is 8.92. The van der Waals surface area contributed by atoms with E-state index in [0.717, 1.165) is 11.1 Å². The van der Waals surface area contributed by atoms with E-state index in [9.17, 15) is 0 Å². The summed E-state index contributed by atoms with van der Waals surface area (Å²) in [5.41, 5.74) is 2.75. The van der Waals surface area contributed by atoms with Crippen LogP contribution in [0, 0.1) is 11.3 Å². The number of benzene rings is 2. The molecule has 0 atom stereocenters. The van der Waals surface area contributed by atoms with Gasteiger partial charge in [-0.1, -0.05) is 12.1 Å². The number of hydrogen-bond acceptors (Lipinski definition) is 5. The first-order valence-electron chi connectivity index (χ1n) is 7.20. The van der Waals surface area contributed by atoms with E-state index in [-0.39, 0.29) is 0 Å². The molecule has 0 saturated heterocycles. The molecule has 120 valence electrons. The Labute approximate surface area is 136 Å². The Balaban J connectivity index is 2.07. The molecule has 0 saturated carbocycles. The van der Waals surface area contributed by atoms with E-state index in [1.165, 1.54) is 0 Å². The highest BCUT2D eigenvalue weighted by Crippen LogP contribution is 2.38. The molecule has 2 rings (SSSR count). The second kappa shape index (κ2) is 8.06. The molecule has 5 heteroatoms. The van der Waals surface area contributed by atoms with E-state index in [0.29, 0.717) is 35.9 Å². The first-order chi connectivity index (χ1) is 11.2. The van der Waals surface area contributed by atoms with Crippen molar-refractivity contribution >= 4 is 0 Å². The zero-order valence-corrected chi connectivity index (χ0v) is 13.6.